The van der Waals surface area contributed by atoms with Crippen LogP contribution in [0.3, 0.4) is 0 Å². The predicted octanol–water partition coefficient (Wildman–Crippen LogP) is 2.86. The van der Waals surface area contributed by atoms with Crippen LogP contribution in [-0.2, 0) is 22.9 Å². The van der Waals surface area contributed by atoms with Gasteiger partial charge in [-0.2, -0.15) is 9.97 Å². The van der Waals surface area contributed by atoms with Gasteiger partial charge >= 0.3 is 11.7 Å². The molecule has 2 aromatic carbocycles. The predicted molar refractivity (Wildman–Crippen MR) is 146 cm³/mol. The van der Waals surface area contributed by atoms with Gasteiger partial charge in [0.05, 0.1) is 18.9 Å². The average molecular weight is 541 g/mol. The molecular formula is C26H32N6O5S. The molecule has 0 aliphatic carbocycles. The van der Waals surface area contributed by atoms with Gasteiger partial charge in [-0.15, -0.1) is 0 Å². The zero-order valence-electron chi connectivity index (χ0n) is 21.4. The molecule has 0 saturated carbocycles. The molecule has 0 radical (unpaired) electrons. The first kappa shape index (κ1) is 27.1. The number of ether oxygens (including phenoxy) is 2. The number of hydrogen-bond acceptors (Lipinski definition) is 9. The van der Waals surface area contributed by atoms with Crippen molar-refractivity contribution in [1.29, 1.82) is 0 Å². The number of nitrogens with two attached hydrogens (primary N) is 1. The van der Waals surface area contributed by atoms with E-state index in [0.717, 1.165) is 24.0 Å². The maximum absolute atomic E-state index is 12.7. The first-order valence-electron chi connectivity index (χ1n) is 12.3. The van der Waals surface area contributed by atoms with Crippen LogP contribution < -0.4 is 26.2 Å². The number of nitrogens with zero attached hydrogens (tertiary/aromatic N) is 3. The molecule has 4 N–H and O–H groups in total. The maximum Gasteiger partial charge on any atom is 0.328 e. The van der Waals surface area contributed by atoms with Crippen LogP contribution in [-0.4, -0.2) is 53.1 Å². The Labute approximate surface area is 220 Å². The Morgan fingerprint density at radius 2 is 1.79 bits per heavy atom. The molecule has 0 fully saturated rings. The number of aromatic nitrogens is 4. The summed E-state index contributed by atoms with van der Waals surface area (Å²) < 4.78 is 35.7. The average Bonchev–Trinajstić information content (AvgIpc) is 3.17. The Morgan fingerprint density at radius 1 is 1.08 bits per heavy atom. The van der Waals surface area contributed by atoms with Gasteiger partial charge in [0.2, 0.25) is 0 Å². The number of unbranched alkanes of at least 4 members (excludes halogenated alkanes) is 1. The largest absolute Gasteiger partial charge is 0.463 e. The lowest BCUT2D eigenvalue weighted by Gasteiger charge is -2.10. The summed E-state index contributed by atoms with van der Waals surface area (Å²) in [6.07, 6.45) is 3.05. The molecule has 12 heteroatoms. The molecule has 0 spiro atoms. The van der Waals surface area contributed by atoms with E-state index < -0.39 is 9.84 Å². The monoisotopic (exact) mass is 540 g/mol. The van der Waals surface area contributed by atoms with E-state index in [4.69, 9.17) is 15.2 Å². The highest BCUT2D eigenvalue weighted by molar-refractivity contribution is 7.90. The molecule has 0 atom stereocenters. The summed E-state index contributed by atoms with van der Waals surface area (Å²) in [6.45, 7) is 3.66. The van der Waals surface area contributed by atoms with Crippen molar-refractivity contribution in [1.82, 2.24) is 24.8 Å². The summed E-state index contributed by atoms with van der Waals surface area (Å²) in [7, 11) is -3.00. The minimum absolute atomic E-state index is 0.0846. The van der Waals surface area contributed by atoms with Crippen molar-refractivity contribution in [2.24, 2.45) is 0 Å². The maximum atomic E-state index is 12.7. The molecule has 0 unspecified atom stereocenters. The lowest BCUT2D eigenvalue weighted by Crippen LogP contribution is -2.21. The van der Waals surface area contributed by atoms with Crippen molar-refractivity contribution in [3.05, 3.63) is 70.1 Å². The number of anilines is 1. The van der Waals surface area contributed by atoms with E-state index in [2.05, 4.69) is 27.2 Å². The molecule has 202 valence electrons. The van der Waals surface area contributed by atoms with Gasteiger partial charge < -0.3 is 25.5 Å². The van der Waals surface area contributed by atoms with Gasteiger partial charge in [0.25, 0.3) is 0 Å². The van der Waals surface area contributed by atoms with Crippen LogP contribution in [0.1, 0.15) is 30.9 Å². The Morgan fingerprint density at radius 3 is 2.50 bits per heavy atom. The third-order valence-corrected chi connectivity index (χ3v) is 6.66. The van der Waals surface area contributed by atoms with Crippen molar-refractivity contribution >= 4 is 26.8 Å². The SMILES string of the molecule is CCCCOc1nc(N)c2[nH]c(=O)n(Cc3cccc(Oc4cccc(CNCCS(C)(=O)=O)c4)c3)c2n1. The number of imidazole rings is 1. The Balaban J connectivity index is 1.48. The molecule has 0 aliphatic heterocycles. The van der Waals surface area contributed by atoms with E-state index in [0.29, 0.717) is 42.4 Å². The smallest absolute Gasteiger partial charge is 0.328 e. The molecule has 0 aliphatic rings. The van der Waals surface area contributed by atoms with Gasteiger partial charge in [0.15, 0.2) is 11.5 Å². The van der Waals surface area contributed by atoms with Crippen molar-refractivity contribution < 1.29 is 17.9 Å². The number of nitrogen functional groups attached to an aromatic ring is 1. The second-order valence-electron chi connectivity index (χ2n) is 9.01. The molecule has 2 aromatic heterocycles. The molecule has 0 saturated heterocycles. The number of fused-ring (bicyclic) bond motifs is 1. The topological polar surface area (TPSA) is 154 Å². The highest BCUT2D eigenvalue weighted by atomic mass is 32.2. The lowest BCUT2D eigenvalue weighted by atomic mass is 10.2. The molecule has 38 heavy (non-hydrogen) atoms. The molecule has 11 nitrogen and oxygen atoms in total. The summed E-state index contributed by atoms with van der Waals surface area (Å²) in [5.41, 5.74) is 8.23. The minimum Gasteiger partial charge on any atom is -0.463 e. The zero-order valence-corrected chi connectivity index (χ0v) is 22.3. The van der Waals surface area contributed by atoms with E-state index in [1.165, 1.54) is 10.8 Å². The highest BCUT2D eigenvalue weighted by Gasteiger charge is 2.15. The van der Waals surface area contributed by atoms with Crippen molar-refractivity contribution in [2.45, 2.75) is 32.9 Å². The lowest BCUT2D eigenvalue weighted by molar-refractivity contribution is 0.286. The van der Waals surface area contributed by atoms with E-state index in [9.17, 15) is 13.2 Å². The Bertz CT molecular complexity index is 1560. The molecule has 0 amide bonds. The van der Waals surface area contributed by atoms with Crippen LogP contribution in [0.2, 0.25) is 0 Å². The van der Waals surface area contributed by atoms with E-state index in [1.807, 2.05) is 48.5 Å². The summed E-state index contributed by atoms with van der Waals surface area (Å²) in [4.78, 5) is 24.0. The summed E-state index contributed by atoms with van der Waals surface area (Å²) in [5.74, 6) is 1.49. The second kappa shape index (κ2) is 12.1. The van der Waals surface area contributed by atoms with Gasteiger partial charge in [0, 0.05) is 19.3 Å². The van der Waals surface area contributed by atoms with Gasteiger partial charge in [-0.1, -0.05) is 37.6 Å². The van der Waals surface area contributed by atoms with E-state index >= 15 is 0 Å². The normalized spacial score (nSPS) is 11.6. The summed E-state index contributed by atoms with van der Waals surface area (Å²) in [6, 6.07) is 15.1. The summed E-state index contributed by atoms with van der Waals surface area (Å²) in [5, 5.41) is 3.13. The molecule has 4 rings (SSSR count). The van der Waals surface area contributed by atoms with Gasteiger partial charge in [0.1, 0.15) is 26.9 Å². The number of rotatable bonds is 13. The molecule has 0 bridgehead atoms. The van der Waals surface area contributed by atoms with Crippen LogP contribution in [0.4, 0.5) is 5.82 Å². The fraction of sp³-hybridized carbons (Fsp3) is 0.346. The highest BCUT2D eigenvalue weighted by Crippen LogP contribution is 2.24. The fourth-order valence-electron chi connectivity index (χ4n) is 3.79. The first-order chi connectivity index (χ1) is 18.2. The van der Waals surface area contributed by atoms with Gasteiger partial charge in [-0.25, -0.2) is 13.2 Å². The van der Waals surface area contributed by atoms with E-state index in [-0.39, 0.29) is 29.8 Å². The standard InChI is InChI=1S/C26H32N6O5S/c1-3-4-12-36-25-30-23(27)22-24(31-25)32(26(33)29-22)17-19-8-6-10-21(15-19)37-20-9-5-7-18(14-20)16-28-11-13-38(2,34)35/h5-10,14-15,28H,3-4,11-13,16-17H2,1-2H3,(H,29,33)(H2,27,30,31). The third kappa shape index (κ3) is 7.33. The molecule has 2 heterocycles. The summed E-state index contributed by atoms with van der Waals surface area (Å²) >= 11 is 0. The van der Waals surface area contributed by atoms with Crippen LogP contribution in [0.15, 0.2) is 53.3 Å². The van der Waals surface area contributed by atoms with E-state index in [1.54, 1.807) is 0 Å². The van der Waals surface area contributed by atoms with Crippen LogP contribution >= 0.6 is 0 Å². The van der Waals surface area contributed by atoms with Crippen LogP contribution in [0.25, 0.3) is 11.2 Å². The first-order valence-corrected chi connectivity index (χ1v) is 14.4. The van der Waals surface area contributed by atoms with Crippen molar-refractivity contribution in [2.75, 3.05) is 30.9 Å². The number of benzene rings is 2. The van der Waals surface area contributed by atoms with Crippen molar-refractivity contribution in [3.8, 4) is 17.5 Å². The molecular weight excluding hydrogens is 508 g/mol. The third-order valence-electron chi connectivity index (χ3n) is 5.71. The van der Waals surface area contributed by atoms with Gasteiger partial charge in [-0.3, -0.25) is 4.57 Å². The number of aromatic amines is 1. The molecule has 4 aromatic rings. The van der Waals surface area contributed by atoms with Crippen LogP contribution in [0.5, 0.6) is 17.5 Å². The Kier molecular flexibility index (Phi) is 8.64. The number of hydrogen-bond donors (Lipinski definition) is 3. The van der Waals surface area contributed by atoms with Crippen molar-refractivity contribution in [3.63, 3.8) is 0 Å². The number of nitrogens with one attached hydrogen (secondary N) is 2. The minimum atomic E-state index is -3.00. The zero-order chi connectivity index (χ0) is 27.1. The van der Waals surface area contributed by atoms with Crippen LogP contribution in [0, 0.1) is 0 Å². The number of sulfone groups is 1. The Hall–Kier alpha value is -3.90. The number of H-pyrrole nitrogens is 1. The fourth-order valence-corrected chi connectivity index (χ4v) is 4.30. The second-order valence-corrected chi connectivity index (χ2v) is 11.3. The quantitative estimate of drug-likeness (QED) is 0.217. The van der Waals surface area contributed by atoms with Gasteiger partial charge in [-0.05, 0) is 41.8 Å².